The van der Waals surface area contributed by atoms with Gasteiger partial charge < -0.3 is 10.3 Å². The van der Waals surface area contributed by atoms with E-state index >= 15 is 0 Å². The number of nitrogens with one attached hydrogen (secondary N) is 2. The number of hydrogen-bond acceptors (Lipinski definition) is 4. The molecule has 1 aromatic heterocycles. The standard InChI is InChI=1S/C12H22N4O/c1-9(2)16(10(3)4)6-5-13-11-7-12(17)15-8-14-11/h7-10H,5-6H2,1-4H3,(H2,13,14,15,17). The van der Waals surface area contributed by atoms with Crippen molar-refractivity contribution in [1.82, 2.24) is 14.9 Å². The van der Waals surface area contributed by atoms with Crippen LogP contribution in [-0.2, 0) is 0 Å². The molecule has 0 unspecified atom stereocenters. The van der Waals surface area contributed by atoms with Gasteiger partial charge in [-0.15, -0.1) is 0 Å². The summed E-state index contributed by atoms with van der Waals surface area (Å²) in [5.74, 6) is 0.626. The zero-order valence-corrected chi connectivity index (χ0v) is 11.0. The third-order valence-corrected chi connectivity index (χ3v) is 2.68. The predicted octanol–water partition coefficient (Wildman–Crippen LogP) is 1.30. The van der Waals surface area contributed by atoms with Crippen molar-refractivity contribution in [2.75, 3.05) is 18.4 Å². The highest BCUT2D eigenvalue weighted by Gasteiger charge is 2.12. The number of aromatic amines is 1. The van der Waals surface area contributed by atoms with Gasteiger partial charge in [0.05, 0.1) is 6.33 Å². The molecule has 2 N–H and O–H groups in total. The Labute approximate surface area is 102 Å². The first-order valence-corrected chi connectivity index (χ1v) is 6.05. The Morgan fingerprint density at radius 3 is 2.53 bits per heavy atom. The average molecular weight is 238 g/mol. The molecule has 5 nitrogen and oxygen atoms in total. The van der Waals surface area contributed by atoms with Crippen LogP contribution in [0.4, 0.5) is 5.82 Å². The SMILES string of the molecule is CC(C)N(CCNc1cc(=O)[nH]cn1)C(C)C. The highest BCUT2D eigenvalue weighted by Crippen LogP contribution is 2.04. The van der Waals surface area contributed by atoms with Crippen LogP contribution in [0.25, 0.3) is 0 Å². The summed E-state index contributed by atoms with van der Waals surface area (Å²) in [6.45, 7) is 10.5. The number of aromatic nitrogens is 2. The van der Waals surface area contributed by atoms with E-state index in [9.17, 15) is 4.79 Å². The van der Waals surface area contributed by atoms with Crippen LogP contribution in [0.5, 0.6) is 0 Å². The van der Waals surface area contributed by atoms with Crippen LogP contribution >= 0.6 is 0 Å². The van der Waals surface area contributed by atoms with E-state index in [0.29, 0.717) is 17.9 Å². The normalized spacial score (nSPS) is 11.5. The maximum absolute atomic E-state index is 11.1. The van der Waals surface area contributed by atoms with Crippen molar-refractivity contribution in [2.24, 2.45) is 0 Å². The molecule has 17 heavy (non-hydrogen) atoms. The van der Waals surface area contributed by atoms with Crippen LogP contribution in [0.15, 0.2) is 17.2 Å². The number of anilines is 1. The molecule has 0 aliphatic rings. The second-order valence-electron chi connectivity index (χ2n) is 4.65. The maximum Gasteiger partial charge on any atom is 0.252 e. The quantitative estimate of drug-likeness (QED) is 0.784. The first-order valence-electron chi connectivity index (χ1n) is 6.05. The monoisotopic (exact) mass is 238 g/mol. The van der Waals surface area contributed by atoms with Gasteiger partial charge in [-0.2, -0.15) is 0 Å². The van der Waals surface area contributed by atoms with Gasteiger partial charge >= 0.3 is 0 Å². The molecule has 96 valence electrons. The lowest BCUT2D eigenvalue weighted by Crippen LogP contribution is -2.40. The zero-order chi connectivity index (χ0) is 12.8. The van der Waals surface area contributed by atoms with Crippen molar-refractivity contribution in [3.8, 4) is 0 Å². The summed E-state index contributed by atoms with van der Waals surface area (Å²) < 4.78 is 0. The molecule has 1 aromatic rings. The van der Waals surface area contributed by atoms with E-state index in [2.05, 4.69) is 47.9 Å². The Balaban J connectivity index is 2.44. The zero-order valence-electron chi connectivity index (χ0n) is 11.0. The van der Waals surface area contributed by atoms with Gasteiger partial charge in [0, 0.05) is 31.2 Å². The Morgan fingerprint density at radius 2 is 2.00 bits per heavy atom. The fraction of sp³-hybridized carbons (Fsp3) is 0.667. The summed E-state index contributed by atoms with van der Waals surface area (Å²) in [7, 11) is 0. The van der Waals surface area contributed by atoms with Gasteiger partial charge in [0.1, 0.15) is 5.82 Å². The van der Waals surface area contributed by atoms with E-state index in [-0.39, 0.29) is 5.56 Å². The molecule has 0 atom stereocenters. The van der Waals surface area contributed by atoms with Gasteiger partial charge in [-0.05, 0) is 27.7 Å². The van der Waals surface area contributed by atoms with Crippen molar-refractivity contribution in [3.05, 3.63) is 22.7 Å². The van der Waals surface area contributed by atoms with Crippen molar-refractivity contribution in [3.63, 3.8) is 0 Å². The lowest BCUT2D eigenvalue weighted by atomic mass is 10.2. The number of rotatable bonds is 6. The topological polar surface area (TPSA) is 61.0 Å². The number of hydrogen-bond donors (Lipinski definition) is 2. The molecule has 0 amide bonds. The summed E-state index contributed by atoms with van der Waals surface area (Å²) >= 11 is 0. The third-order valence-electron chi connectivity index (χ3n) is 2.68. The second-order valence-corrected chi connectivity index (χ2v) is 4.65. The van der Waals surface area contributed by atoms with Gasteiger partial charge in [0.15, 0.2) is 0 Å². The Kier molecular flexibility index (Phi) is 5.15. The first-order chi connectivity index (χ1) is 8.00. The van der Waals surface area contributed by atoms with Crippen molar-refractivity contribution >= 4 is 5.82 Å². The molecule has 0 radical (unpaired) electrons. The number of nitrogens with zero attached hydrogens (tertiary/aromatic N) is 2. The fourth-order valence-corrected chi connectivity index (χ4v) is 1.89. The van der Waals surface area contributed by atoms with Crippen molar-refractivity contribution in [2.45, 2.75) is 39.8 Å². The Hall–Kier alpha value is -1.36. The molecule has 1 rings (SSSR count). The second kappa shape index (κ2) is 6.39. The van der Waals surface area contributed by atoms with Gasteiger partial charge in [0.2, 0.25) is 0 Å². The minimum atomic E-state index is -0.132. The fourth-order valence-electron chi connectivity index (χ4n) is 1.89. The first kappa shape index (κ1) is 13.7. The third kappa shape index (κ3) is 4.56. The van der Waals surface area contributed by atoms with E-state index < -0.39 is 0 Å². The smallest absolute Gasteiger partial charge is 0.252 e. The predicted molar refractivity (Wildman–Crippen MR) is 70.3 cm³/mol. The van der Waals surface area contributed by atoms with Gasteiger partial charge in [0.25, 0.3) is 5.56 Å². The Bertz CT molecular complexity index is 378. The van der Waals surface area contributed by atoms with Crippen LogP contribution in [0.1, 0.15) is 27.7 Å². The summed E-state index contributed by atoms with van der Waals surface area (Å²) in [4.78, 5) is 20.0. The molecule has 0 spiro atoms. The minimum absolute atomic E-state index is 0.132. The van der Waals surface area contributed by atoms with Crippen LogP contribution < -0.4 is 10.9 Å². The molecule has 0 bridgehead atoms. The van der Waals surface area contributed by atoms with Crippen LogP contribution in [0, 0.1) is 0 Å². The van der Waals surface area contributed by atoms with E-state index in [1.54, 1.807) is 0 Å². The largest absolute Gasteiger partial charge is 0.369 e. The molecule has 0 aliphatic carbocycles. The van der Waals surface area contributed by atoms with E-state index in [0.717, 1.165) is 13.1 Å². The van der Waals surface area contributed by atoms with Gasteiger partial charge in [-0.25, -0.2) is 4.98 Å². The van der Waals surface area contributed by atoms with E-state index in [1.165, 1.54) is 12.4 Å². The average Bonchev–Trinajstić information content (AvgIpc) is 2.23. The van der Waals surface area contributed by atoms with Gasteiger partial charge in [-0.3, -0.25) is 9.69 Å². The number of H-pyrrole nitrogens is 1. The highest BCUT2D eigenvalue weighted by molar-refractivity contribution is 5.31. The molecule has 0 aromatic carbocycles. The lowest BCUT2D eigenvalue weighted by molar-refractivity contribution is 0.182. The van der Waals surface area contributed by atoms with Gasteiger partial charge in [-0.1, -0.05) is 0 Å². The molecule has 0 saturated carbocycles. The summed E-state index contributed by atoms with van der Waals surface area (Å²) in [5, 5.41) is 3.15. The molecular formula is C12H22N4O. The molecule has 1 heterocycles. The highest BCUT2D eigenvalue weighted by atomic mass is 16.1. The van der Waals surface area contributed by atoms with Crippen LogP contribution in [0.3, 0.4) is 0 Å². The maximum atomic E-state index is 11.1. The minimum Gasteiger partial charge on any atom is -0.369 e. The molecule has 0 saturated heterocycles. The summed E-state index contributed by atoms with van der Waals surface area (Å²) in [6, 6.07) is 2.50. The van der Waals surface area contributed by atoms with Crippen LogP contribution in [0.2, 0.25) is 0 Å². The molecule has 0 aliphatic heterocycles. The molecular weight excluding hydrogens is 216 g/mol. The van der Waals surface area contributed by atoms with Crippen molar-refractivity contribution in [1.29, 1.82) is 0 Å². The lowest BCUT2D eigenvalue weighted by Gasteiger charge is -2.30. The Morgan fingerprint density at radius 1 is 1.35 bits per heavy atom. The molecule has 0 fully saturated rings. The van der Waals surface area contributed by atoms with E-state index in [4.69, 9.17) is 0 Å². The van der Waals surface area contributed by atoms with E-state index in [1.807, 2.05) is 0 Å². The summed E-state index contributed by atoms with van der Waals surface area (Å²) in [5.41, 5.74) is -0.132. The summed E-state index contributed by atoms with van der Waals surface area (Å²) in [6.07, 6.45) is 1.41. The van der Waals surface area contributed by atoms with Crippen molar-refractivity contribution < 1.29 is 0 Å². The van der Waals surface area contributed by atoms with Crippen LogP contribution in [-0.4, -0.2) is 40.0 Å². The molecule has 5 heteroatoms.